The van der Waals surface area contributed by atoms with Crippen molar-refractivity contribution in [1.82, 2.24) is 10.2 Å². The van der Waals surface area contributed by atoms with E-state index in [1.807, 2.05) is 25.1 Å². The molecule has 0 heterocycles. The molecule has 2 aromatic carbocycles. The summed E-state index contributed by atoms with van der Waals surface area (Å²) < 4.78 is 40.2. The third-order valence-electron chi connectivity index (χ3n) is 3.70. The minimum atomic E-state index is -4.71. The molecule has 0 spiro atoms. The molecule has 7 heteroatoms. The van der Waals surface area contributed by atoms with E-state index in [0.29, 0.717) is 12.1 Å². The van der Waals surface area contributed by atoms with Gasteiger partial charge in [0.05, 0.1) is 0 Å². The molecule has 0 radical (unpaired) electrons. The van der Waals surface area contributed by atoms with E-state index in [0.717, 1.165) is 12.0 Å². The topological polar surface area (TPSA) is 41.6 Å². The number of rotatable bonds is 6. The summed E-state index contributed by atoms with van der Waals surface area (Å²) in [6, 6.07) is 13.3. The second-order valence-corrected chi connectivity index (χ2v) is 6.02. The number of carbonyl (C=O) groups excluding carboxylic acids is 1. The Hall–Kier alpha value is -2.70. The van der Waals surface area contributed by atoms with E-state index in [2.05, 4.69) is 16.1 Å². The van der Waals surface area contributed by atoms with Crippen LogP contribution in [-0.2, 0) is 13.0 Å². The predicted molar refractivity (Wildman–Crippen MR) is 92.9 cm³/mol. The monoisotopic (exact) mass is 366 g/mol. The second kappa shape index (κ2) is 8.60. The first kappa shape index (κ1) is 19.6. The molecule has 0 fully saturated rings. The molecule has 0 bridgehead atoms. The SMILES string of the molecule is Cc1cccc(CCNC(=O)N(C)Cc2ccc(OC(F)(F)F)cc2)c1. The Morgan fingerprint density at radius 3 is 2.42 bits per heavy atom. The lowest BCUT2D eigenvalue weighted by Gasteiger charge is -2.18. The summed E-state index contributed by atoms with van der Waals surface area (Å²) in [4.78, 5) is 13.6. The first-order valence-electron chi connectivity index (χ1n) is 8.12. The Labute approximate surface area is 150 Å². The molecule has 0 saturated carbocycles. The molecule has 0 aliphatic rings. The fraction of sp³-hybridized carbons (Fsp3) is 0.316. The number of hydrogen-bond donors (Lipinski definition) is 1. The number of nitrogens with one attached hydrogen (secondary N) is 1. The maximum atomic E-state index is 12.1. The van der Waals surface area contributed by atoms with Crippen LogP contribution in [0.3, 0.4) is 0 Å². The van der Waals surface area contributed by atoms with Crippen molar-refractivity contribution in [2.24, 2.45) is 0 Å². The molecular weight excluding hydrogens is 345 g/mol. The summed E-state index contributed by atoms with van der Waals surface area (Å²) >= 11 is 0. The second-order valence-electron chi connectivity index (χ2n) is 6.02. The zero-order valence-electron chi connectivity index (χ0n) is 14.6. The van der Waals surface area contributed by atoms with Crippen molar-refractivity contribution in [2.75, 3.05) is 13.6 Å². The molecule has 0 aliphatic heterocycles. The van der Waals surface area contributed by atoms with Crippen molar-refractivity contribution in [3.8, 4) is 5.75 Å². The maximum Gasteiger partial charge on any atom is 0.573 e. The van der Waals surface area contributed by atoms with Gasteiger partial charge in [-0.15, -0.1) is 13.2 Å². The Morgan fingerprint density at radius 2 is 1.81 bits per heavy atom. The molecule has 0 unspecified atom stereocenters. The van der Waals surface area contributed by atoms with Gasteiger partial charge in [-0.3, -0.25) is 0 Å². The molecule has 2 amide bonds. The molecule has 0 aromatic heterocycles. The first-order chi connectivity index (χ1) is 12.2. The van der Waals surface area contributed by atoms with Crippen LogP contribution in [0.1, 0.15) is 16.7 Å². The lowest BCUT2D eigenvalue weighted by molar-refractivity contribution is -0.274. The Bertz CT molecular complexity index is 730. The van der Waals surface area contributed by atoms with Gasteiger partial charge >= 0.3 is 12.4 Å². The molecule has 4 nitrogen and oxygen atoms in total. The molecule has 0 atom stereocenters. The number of benzene rings is 2. The number of urea groups is 1. The molecule has 1 N–H and O–H groups in total. The highest BCUT2D eigenvalue weighted by molar-refractivity contribution is 5.73. The van der Waals surface area contributed by atoms with Crippen LogP contribution in [0.5, 0.6) is 5.75 Å². The zero-order valence-corrected chi connectivity index (χ0v) is 14.6. The van der Waals surface area contributed by atoms with Crippen LogP contribution in [0.4, 0.5) is 18.0 Å². The Balaban J connectivity index is 1.79. The highest BCUT2D eigenvalue weighted by Crippen LogP contribution is 2.23. The van der Waals surface area contributed by atoms with E-state index in [1.165, 1.54) is 34.7 Å². The van der Waals surface area contributed by atoms with E-state index in [4.69, 9.17) is 0 Å². The zero-order chi connectivity index (χ0) is 19.2. The smallest absolute Gasteiger partial charge is 0.406 e. The van der Waals surface area contributed by atoms with Crippen LogP contribution in [0.25, 0.3) is 0 Å². The summed E-state index contributed by atoms with van der Waals surface area (Å²) in [6.07, 6.45) is -3.99. The minimum Gasteiger partial charge on any atom is -0.406 e. The van der Waals surface area contributed by atoms with Gasteiger partial charge in [-0.1, -0.05) is 42.0 Å². The van der Waals surface area contributed by atoms with Gasteiger partial charge in [-0.2, -0.15) is 0 Å². The van der Waals surface area contributed by atoms with Gasteiger partial charge in [0.2, 0.25) is 0 Å². The van der Waals surface area contributed by atoms with Gasteiger partial charge in [0.25, 0.3) is 0 Å². The predicted octanol–water partition coefficient (Wildman–Crippen LogP) is 4.28. The van der Waals surface area contributed by atoms with Crippen molar-refractivity contribution in [2.45, 2.75) is 26.3 Å². The van der Waals surface area contributed by atoms with Gasteiger partial charge in [0.15, 0.2) is 0 Å². The number of halogens is 3. The molecule has 2 rings (SSSR count). The number of alkyl halides is 3. The molecule has 2 aromatic rings. The van der Waals surface area contributed by atoms with Crippen molar-refractivity contribution in [3.05, 3.63) is 65.2 Å². The largest absolute Gasteiger partial charge is 0.573 e. The number of amides is 2. The van der Waals surface area contributed by atoms with Crippen LogP contribution in [0.15, 0.2) is 48.5 Å². The standard InChI is InChI=1S/C19H21F3N2O2/c1-14-4-3-5-15(12-14)10-11-23-18(25)24(2)13-16-6-8-17(9-7-16)26-19(20,21)22/h3-9,12H,10-11,13H2,1-2H3,(H,23,25). The quantitative estimate of drug-likeness (QED) is 0.829. The van der Waals surface area contributed by atoms with E-state index in [9.17, 15) is 18.0 Å². The summed E-state index contributed by atoms with van der Waals surface area (Å²) in [5.74, 6) is -0.286. The van der Waals surface area contributed by atoms with Gasteiger partial charge < -0.3 is 15.0 Å². The Morgan fingerprint density at radius 1 is 1.12 bits per heavy atom. The number of ether oxygens (including phenoxy) is 1. The fourth-order valence-electron chi connectivity index (χ4n) is 2.46. The molecular formula is C19H21F3N2O2. The number of carbonyl (C=O) groups is 1. The van der Waals surface area contributed by atoms with E-state index >= 15 is 0 Å². The highest BCUT2D eigenvalue weighted by atomic mass is 19.4. The lowest BCUT2D eigenvalue weighted by Crippen LogP contribution is -2.37. The third kappa shape index (κ3) is 6.66. The Kier molecular flexibility index (Phi) is 6.49. The highest BCUT2D eigenvalue weighted by Gasteiger charge is 2.30. The minimum absolute atomic E-state index is 0.242. The average Bonchev–Trinajstić information content (AvgIpc) is 2.55. The van der Waals surface area contributed by atoms with Crippen LogP contribution >= 0.6 is 0 Å². The normalized spacial score (nSPS) is 11.1. The van der Waals surface area contributed by atoms with Crippen LogP contribution in [-0.4, -0.2) is 30.9 Å². The summed E-state index contributed by atoms with van der Waals surface area (Å²) in [7, 11) is 1.63. The van der Waals surface area contributed by atoms with Crippen molar-refractivity contribution >= 4 is 6.03 Å². The van der Waals surface area contributed by atoms with Crippen molar-refractivity contribution in [1.29, 1.82) is 0 Å². The van der Waals surface area contributed by atoms with Gasteiger partial charge in [0.1, 0.15) is 5.75 Å². The number of nitrogens with zero attached hydrogens (tertiary/aromatic N) is 1. The number of aryl methyl sites for hydroxylation is 1. The van der Waals surface area contributed by atoms with Crippen molar-refractivity contribution < 1.29 is 22.7 Å². The fourth-order valence-corrected chi connectivity index (χ4v) is 2.46. The molecule has 140 valence electrons. The van der Waals surface area contributed by atoms with Crippen LogP contribution in [0, 0.1) is 6.92 Å². The van der Waals surface area contributed by atoms with Gasteiger partial charge in [-0.25, -0.2) is 4.79 Å². The first-order valence-corrected chi connectivity index (χ1v) is 8.12. The summed E-state index contributed by atoms with van der Waals surface area (Å²) in [5, 5.41) is 2.83. The van der Waals surface area contributed by atoms with E-state index in [-0.39, 0.29) is 18.3 Å². The molecule has 0 saturated heterocycles. The molecule has 0 aliphatic carbocycles. The number of hydrogen-bond acceptors (Lipinski definition) is 2. The lowest BCUT2D eigenvalue weighted by atomic mass is 10.1. The third-order valence-corrected chi connectivity index (χ3v) is 3.70. The van der Waals surface area contributed by atoms with E-state index in [1.54, 1.807) is 7.05 Å². The van der Waals surface area contributed by atoms with Crippen LogP contribution in [0.2, 0.25) is 0 Å². The van der Waals surface area contributed by atoms with Gasteiger partial charge in [0, 0.05) is 20.1 Å². The van der Waals surface area contributed by atoms with E-state index < -0.39 is 6.36 Å². The average molecular weight is 366 g/mol. The maximum absolute atomic E-state index is 12.1. The molecule has 26 heavy (non-hydrogen) atoms. The summed E-state index contributed by atoms with van der Waals surface area (Å²) in [6.45, 7) is 2.80. The van der Waals surface area contributed by atoms with Gasteiger partial charge in [-0.05, 0) is 36.6 Å². The van der Waals surface area contributed by atoms with Crippen molar-refractivity contribution in [3.63, 3.8) is 0 Å². The van der Waals surface area contributed by atoms with Crippen LogP contribution < -0.4 is 10.1 Å². The summed E-state index contributed by atoms with van der Waals surface area (Å²) in [5.41, 5.74) is 3.02.